The molecular weight excluding hydrogens is 717 g/mol. The van der Waals surface area contributed by atoms with Crippen molar-refractivity contribution in [1.82, 2.24) is 19.5 Å². The molecule has 0 N–H and O–H groups in total. The van der Waals surface area contributed by atoms with Gasteiger partial charge in [0.05, 0.1) is 16.4 Å². The van der Waals surface area contributed by atoms with Crippen LogP contribution in [0.5, 0.6) is 0 Å². The molecule has 0 radical (unpaired) electrons. The molecule has 12 aromatic rings. The van der Waals surface area contributed by atoms with Crippen molar-refractivity contribution in [3.63, 3.8) is 0 Å². The lowest BCUT2D eigenvalue weighted by molar-refractivity contribution is 0.669. The first-order valence-corrected chi connectivity index (χ1v) is 19.7. The van der Waals surface area contributed by atoms with Crippen molar-refractivity contribution in [1.29, 1.82) is 0 Å². The molecule has 0 aliphatic heterocycles. The number of rotatable bonds is 5. The highest BCUT2D eigenvalue weighted by molar-refractivity contribution is 7.25. The Morgan fingerprint density at radius 1 is 0.439 bits per heavy atom. The minimum absolute atomic E-state index is 0.583. The fraction of sp³-hybridized carbons (Fsp3) is 0. The van der Waals surface area contributed by atoms with Crippen LogP contribution in [0.4, 0.5) is 0 Å². The third-order valence-electron chi connectivity index (χ3n) is 10.9. The molecule has 8 aromatic carbocycles. The van der Waals surface area contributed by atoms with E-state index < -0.39 is 0 Å². The molecule has 57 heavy (non-hydrogen) atoms. The van der Waals surface area contributed by atoms with Crippen LogP contribution in [-0.2, 0) is 0 Å². The van der Waals surface area contributed by atoms with Gasteiger partial charge in [-0.2, -0.15) is 0 Å². The SMILES string of the molecule is c1ccc2c(c#1)c1cc(-c3cccc(-c4nc(-c5ccc6c(c5)oc5ccccc56)nc(-c5ccc6sc7ccccc7c6c5)n4)c3)ccc1n2-c1ccccc1. The van der Waals surface area contributed by atoms with Gasteiger partial charge < -0.3 is 8.98 Å². The second-order valence-electron chi connectivity index (χ2n) is 14.3. The smallest absolute Gasteiger partial charge is 0.164 e. The van der Waals surface area contributed by atoms with Crippen molar-refractivity contribution in [3.05, 3.63) is 182 Å². The largest absolute Gasteiger partial charge is 0.456 e. The monoisotopic (exact) mass is 744 g/mol. The topological polar surface area (TPSA) is 56.7 Å². The van der Waals surface area contributed by atoms with E-state index in [0.717, 1.165) is 77.2 Å². The van der Waals surface area contributed by atoms with E-state index in [-0.39, 0.29) is 0 Å². The van der Waals surface area contributed by atoms with E-state index in [1.807, 2.05) is 36.4 Å². The summed E-state index contributed by atoms with van der Waals surface area (Å²) in [7, 11) is 0. The highest BCUT2D eigenvalue weighted by Gasteiger charge is 2.18. The predicted molar refractivity (Wildman–Crippen MR) is 234 cm³/mol. The number of hydrogen-bond donors (Lipinski definition) is 0. The molecule has 0 amide bonds. The zero-order valence-electron chi connectivity index (χ0n) is 30.3. The van der Waals surface area contributed by atoms with Gasteiger partial charge in [0.15, 0.2) is 17.5 Å². The third kappa shape index (κ3) is 5.14. The summed E-state index contributed by atoms with van der Waals surface area (Å²) in [5.41, 5.74) is 9.83. The number of thiophene rings is 1. The van der Waals surface area contributed by atoms with E-state index >= 15 is 0 Å². The summed E-state index contributed by atoms with van der Waals surface area (Å²) in [5, 5.41) is 6.74. The van der Waals surface area contributed by atoms with Gasteiger partial charge >= 0.3 is 0 Å². The van der Waals surface area contributed by atoms with Gasteiger partial charge in [0, 0.05) is 58.7 Å². The fourth-order valence-corrected chi connectivity index (χ4v) is 9.29. The minimum Gasteiger partial charge on any atom is -0.456 e. The molecule has 0 atom stereocenters. The van der Waals surface area contributed by atoms with Crippen LogP contribution in [0.15, 0.2) is 174 Å². The van der Waals surface area contributed by atoms with Crippen LogP contribution in [-0.4, -0.2) is 19.5 Å². The lowest BCUT2D eigenvalue weighted by Crippen LogP contribution is -2.00. The van der Waals surface area contributed by atoms with E-state index in [1.165, 1.54) is 20.2 Å². The average molecular weight is 745 g/mol. The normalized spacial score (nSPS) is 11.7. The summed E-state index contributed by atoms with van der Waals surface area (Å²) in [4.78, 5) is 15.5. The second kappa shape index (κ2) is 12.5. The predicted octanol–water partition coefficient (Wildman–Crippen LogP) is 13.5. The molecule has 0 saturated carbocycles. The zero-order valence-corrected chi connectivity index (χ0v) is 31.1. The van der Waals surface area contributed by atoms with Crippen LogP contribution in [0.3, 0.4) is 0 Å². The Kier molecular flexibility index (Phi) is 6.94. The van der Waals surface area contributed by atoms with Crippen molar-refractivity contribution in [2.24, 2.45) is 0 Å². The number of aromatic nitrogens is 4. The zero-order chi connectivity index (χ0) is 37.5. The Hall–Kier alpha value is -7.59. The molecular formula is C51H28N4OS. The molecule has 0 bridgehead atoms. The maximum Gasteiger partial charge on any atom is 0.164 e. The van der Waals surface area contributed by atoms with Gasteiger partial charge in [0.2, 0.25) is 0 Å². The molecule has 0 unspecified atom stereocenters. The quantitative estimate of drug-likeness (QED) is 0.176. The molecule has 4 aromatic heterocycles. The van der Waals surface area contributed by atoms with Crippen molar-refractivity contribution in [2.75, 3.05) is 0 Å². The first-order chi connectivity index (χ1) is 28.2. The maximum atomic E-state index is 6.30. The number of para-hydroxylation sites is 2. The van der Waals surface area contributed by atoms with Gasteiger partial charge in [0.25, 0.3) is 0 Å². The highest BCUT2D eigenvalue weighted by Crippen LogP contribution is 2.38. The van der Waals surface area contributed by atoms with Crippen molar-refractivity contribution in [3.8, 4) is 51.0 Å². The molecule has 0 spiro atoms. The van der Waals surface area contributed by atoms with Crippen LogP contribution in [0, 0.1) is 12.1 Å². The standard InChI is InChI=1S/C51H28N4OS/c1-2-13-36(14-3-1)55-43-18-7-4-15-37(43)41-28-32(22-25-44(41)55)31-11-10-12-33(27-31)49-52-50(34-23-26-48-42(29-34)40-17-6-9-20-47(40)57-48)54-51(53-49)35-21-24-39-38-16-5-8-19-45(38)56-46(39)30-35/h1-3,5-14,16-30H. The van der Waals surface area contributed by atoms with Crippen molar-refractivity contribution < 1.29 is 4.42 Å². The minimum atomic E-state index is 0.583. The van der Waals surface area contributed by atoms with Crippen molar-refractivity contribution >= 4 is 75.3 Å². The van der Waals surface area contributed by atoms with Gasteiger partial charge in [-0.05, 0) is 96.1 Å². The summed E-state index contributed by atoms with van der Waals surface area (Å²) in [6.45, 7) is 0. The Morgan fingerprint density at radius 3 is 1.96 bits per heavy atom. The molecule has 264 valence electrons. The molecule has 12 rings (SSSR count). The Bertz CT molecular complexity index is 3540. The molecule has 0 saturated heterocycles. The van der Waals surface area contributed by atoms with Gasteiger partial charge in [-0.25, -0.2) is 15.0 Å². The van der Waals surface area contributed by atoms with Gasteiger partial charge in [-0.15, -0.1) is 11.3 Å². The average Bonchev–Trinajstić information content (AvgIpc) is 3.95. The van der Waals surface area contributed by atoms with E-state index in [9.17, 15) is 0 Å². The van der Waals surface area contributed by atoms with E-state index in [2.05, 4.69) is 150 Å². The van der Waals surface area contributed by atoms with Crippen LogP contribution >= 0.6 is 11.3 Å². The highest BCUT2D eigenvalue weighted by atomic mass is 32.1. The third-order valence-corrected chi connectivity index (χ3v) is 12.1. The summed E-state index contributed by atoms with van der Waals surface area (Å²) < 4.78 is 11.1. The number of fused-ring (bicyclic) bond motifs is 9. The number of nitrogens with zero attached hydrogens (tertiary/aromatic N) is 4. The first-order valence-electron chi connectivity index (χ1n) is 18.8. The molecule has 6 heteroatoms. The Balaban J connectivity index is 1.02. The van der Waals surface area contributed by atoms with Crippen molar-refractivity contribution in [2.45, 2.75) is 0 Å². The Morgan fingerprint density at radius 2 is 1.09 bits per heavy atom. The van der Waals surface area contributed by atoms with Gasteiger partial charge in [-0.3, -0.25) is 0 Å². The molecule has 0 fully saturated rings. The fourth-order valence-electron chi connectivity index (χ4n) is 8.20. The molecule has 5 nitrogen and oxygen atoms in total. The summed E-state index contributed by atoms with van der Waals surface area (Å²) >= 11 is 1.80. The van der Waals surface area contributed by atoms with E-state index in [4.69, 9.17) is 19.4 Å². The van der Waals surface area contributed by atoms with Crippen LogP contribution in [0.25, 0.3) is 115 Å². The van der Waals surface area contributed by atoms with E-state index in [1.54, 1.807) is 11.3 Å². The summed E-state index contributed by atoms with van der Waals surface area (Å²) in [6.07, 6.45) is 0. The number of hydrogen-bond acceptors (Lipinski definition) is 5. The number of benzene rings is 7. The lowest BCUT2D eigenvalue weighted by Gasteiger charge is -2.10. The molecule has 0 aliphatic carbocycles. The summed E-state index contributed by atoms with van der Waals surface area (Å²) in [6, 6.07) is 65.6. The van der Waals surface area contributed by atoms with Crippen LogP contribution in [0.2, 0.25) is 0 Å². The first kappa shape index (κ1) is 31.7. The van der Waals surface area contributed by atoms with Crippen LogP contribution < -0.4 is 0 Å². The molecule has 0 aliphatic rings. The van der Waals surface area contributed by atoms with Crippen LogP contribution in [0.1, 0.15) is 0 Å². The Labute approximate surface area is 330 Å². The summed E-state index contributed by atoms with van der Waals surface area (Å²) in [5.74, 6) is 1.80. The van der Waals surface area contributed by atoms with E-state index in [0.29, 0.717) is 17.5 Å². The van der Waals surface area contributed by atoms with Gasteiger partial charge in [0.1, 0.15) is 11.2 Å². The van der Waals surface area contributed by atoms with Gasteiger partial charge in [-0.1, -0.05) is 97.1 Å². The molecule has 4 heterocycles. The maximum absolute atomic E-state index is 6.30. The lowest BCUT2D eigenvalue weighted by atomic mass is 10.0. The second-order valence-corrected chi connectivity index (χ2v) is 15.4. The number of furan rings is 1.